The molecule has 0 saturated heterocycles. The van der Waals surface area contributed by atoms with Gasteiger partial charge in [0.2, 0.25) is 0 Å². The van der Waals surface area contributed by atoms with Crippen molar-refractivity contribution in [1.82, 2.24) is 5.32 Å². The molecule has 5 N–H and O–H groups in total. The summed E-state index contributed by atoms with van der Waals surface area (Å²) < 4.78 is 1.95. The lowest BCUT2D eigenvalue weighted by Gasteiger charge is -2.01. The lowest BCUT2D eigenvalue weighted by Crippen LogP contribution is -2.28. The van der Waals surface area contributed by atoms with E-state index in [-0.39, 0.29) is 5.91 Å². The van der Waals surface area contributed by atoms with Crippen molar-refractivity contribution in [3.63, 3.8) is 0 Å². The summed E-state index contributed by atoms with van der Waals surface area (Å²) in [6.07, 6.45) is 0. The van der Waals surface area contributed by atoms with Crippen molar-refractivity contribution >= 4 is 48.9 Å². The average Bonchev–Trinajstić information content (AvgIpc) is 2.64. The number of carbonyl (C=O) groups is 1. The number of fused-ring (bicyclic) bond motifs is 1. The van der Waals surface area contributed by atoms with E-state index in [2.05, 4.69) is 21.2 Å². The number of nitrogens with one attached hydrogen (secondary N) is 1. The minimum absolute atomic E-state index is 0.162. The van der Waals surface area contributed by atoms with E-state index in [4.69, 9.17) is 11.5 Å². The van der Waals surface area contributed by atoms with Gasteiger partial charge in [0.15, 0.2) is 0 Å². The highest BCUT2D eigenvalue weighted by atomic mass is 79.9. The Labute approximate surface area is 111 Å². The molecule has 0 saturated carbocycles. The van der Waals surface area contributed by atoms with Gasteiger partial charge in [-0.2, -0.15) is 0 Å². The maximum absolute atomic E-state index is 11.8. The van der Waals surface area contributed by atoms with Crippen molar-refractivity contribution < 1.29 is 4.79 Å². The highest BCUT2D eigenvalue weighted by molar-refractivity contribution is 9.10. The molecule has 1 heterocycles. The predicted octanol–water partition coefficient (Wildman–Crippen LogP) is 1.93. The van der Waals surface area contributed by atoms with Crippen LogP contribution >= 0.6 is 27.3 Å². The second-order valence-electron chi connectivity index (χ2n) is 3.53. The smallest absolute Gasteiger partial charge is 0.263 e. The Morgan fingerprint density at radius 2 is 2.24 bits per heavy atom. The first-order valence-corrected chi connectivity index (χ1v) is 6.70. The van der Waals surface area contributed by atoms with Gasteiger partial charge in [0.1, 0.15) is 4.88 Å². The van der Waals surface area contributed by atoms with Gasteiger partial charge in [-0.1, -0.05) is 15.9 Å². The van der Waals surface area contributed by atoms with Crippen LogP contribution in [0.5, 0.6) is 0 Å². The molecule has 0 bridgehead atoms. The summed E-state index contributed by atoms with van der Waals surface area (Å²) in [4.78, 5) is 12.4. The van der Waals surface area contributed by atoms with Crippen molar-refractivity contribution in [2.45, 2.75) is 0 Å². The van der Waals surface area contributed by atoms with Crippen molar-refractivity contribution in [2.24, 2.45) is 5.73 Å². The number of carbonyl (C=O) groups excluding carboxylic acids is 1. The summed E-state index contributed by atoms with van der Waals surface area (Å²) in [6.45, 7) is 0.873. The molecule has 1 amide bonds. The van der Waals surface area contributed by atoms with E-state index in [0.29, 0.717) is 23.7 Å². The van der Waals surface area contributed by atoms with Gasteiger partial charge in [0, 0.05) is 27.6 Å². The Morgan fingerprint density at radius 1 is 1.47 bits per heavy atom. The highest BCUT2D eigenvalue weighted by Crippen LogP contribution is 2.35. The summed E-state index contributed by atoms with van der Waals surface area (Å²) in [5.74, 6) is -0.162. The van der Waals surface area contributed by atoms with E-state index in [9.17, 15) is 4.79 Å². The van der Waals surface area contributed by atoms with E-state index in [1.807, 2.05) is 18.2 Å². The van der Waals surface area contributed by atoms with Gasteiger partial charge in [-0.25, -0.2) is 0 Å². The van der Waals surface area contributed by atoms with Gasteiger partial charge >= 0.3 is 0 Å². The third-order valence-electron chi connectivity index (χ3n) is 2.32. The maximum Gasteiger partial charge on any atom is 0.263 e. The molecule has 0 aliphatic carbocycles. The number of thiophene rings is 1. The summed E-state index contributed by atoms with van der Waals surface area (Å²) in [6, 6.07) is 5.79. The van der Waals surface area contributed by atoms with Gasteiger partial charge in [-0.05, 0) is 18.2 Å². The number of amides is 1. The molecular formula is C11H12BrN3OS. The largest absolute Gasteiger partial charge is 0.397 e. The molecule has 0 fully saturated rings. The summed E-state index contributed by atoms with van der Waals surface area (Å²) >= 11 is 4.78. The Hall–Kier alpha value is -1.11. The summed E-state index contributed by atoms with van der Waals surface area (Å²) in [5.41, 5.74) is 11.8. The Bertz CT molecular complexity index is 567. The van der Waals surface area contributed by atoms with Gasteiger partial charge in [0.05, 0.1) is 5.69 Å². The van der Waals surface area contributed by atoms with E-state index in [1.54, 1.807) is 0 Å². The molecule has 0 unspecified atom stereocenters. The van der Waals surface area contributed by atoms with E-state index < -0.39 is 0 Å². The third-order valence-corrected chi connectivity index (χ3v) is 4.00. The average molecular weight is 314 g/mol. The molecule has 0 aliphatic heterocycles. The van der Waals surface area contributed by atoms with Gasteiger partial charge < -0.3 is 16.8 Å². The Balaban J connectivity index is 2.42. The monoisotopic (exact) mass is 313 g/mol. The number of hydrogen-bond acceptors (Lipinski definition) is 4. The summed E-state index contributed by atoms with van der Waals surface area (Å²) in [7, 11) is 0. The zero-order valence-electron chi connectivity index (χ0n) is 9.00. The standard InChI is InChI=1S/C11H12BrN3OS/c12-6-1-2-8-7(5-6)9(14)10(17-8)11(16)15-4-3-13/h1-2,5H,3-4,13-14H2,(H,15,16). The molecule has 17 heavy (non-hydrogen) atoms. The number of hydrogen-bond donors (Lipinski definition) is 3. The molecule has 0 atom stereocenters. The fraction of sp³-hybridized carbons (Fsp3) is 0.182. The van der Waals surface area contributed by atoms with Crippen LogP contribution in [-0.2, 0) is 0 Å². The van der Waals surface area contributed by atoms with Crippen LogP contribution in [-0.4, -0.2) is 19.0 Å². The quantitative estimate of drug-likeness (QED) is 0.810. The van der Waals surface area contributed by atoms with Crippen LogP contribution in [0.15, 0.2) is 22.7 Å². The van der Waals surface area contributed by atoms with Gasteiger partial charge in [-0.3, -0.25) is 4.79 Å². The van der Waals surface area contributed by atoms with Crippen LogP contribution in [0, 0.1) is 0 Å². The van der Waals surface area contributed by atoms with Gasteiger partial charge in [0.25, 0.3) is 5.91 Å². The number of nitrogens with two attached hydrogens (primary N) is 2. The first-order chi connectivity index (χ1) is 8.13. The molecule has 4 nitrogen and oxygen atoms in total. The maximum atomic E-state index is 11.8. The van der Waals surface area contributed by atoms with E-state index >= 15 is 0 Å². The fourth-order valence-electron chi connectivity index (χ4n) is 1.52. The molecule has 0 spiro atoms. The Morgan fingerprint density at radius 3 is 2.94 bits per heavy atom. The zero-order valence-corrected chi connectivity index (χ0v) is 11.4. The van der Waals surface area contributed by atoms with Crippen molar-refractivity contribution in [3.8, 4) is 0 Å². The molecule has 0 aliphatic rings. The van der Waals surface area contributed by atoms with Crippen LogP contribution in [0.1, 0.15) is 9.67 Å². The first-order valence-electron chi connectivity index (χ1n) is 5.09. The lowest BCUT2D eigenvalue weighted by molar-refractivity contribution is 0.0959. The van der Waals surface area contributed by atoms with Gasteiger partial charge in [-0.15, -0.1) is 11.3 Å². The number of benzene rings is 1. The SMILES string of the molecule is NCCNC(=O)c1sc2ccc(Br)cc2c1N. The lowest BCUT2D eigenvalue weighted by atomic mass is 10.2. The molecule has 2 rings (SSSR count). The minimum Gasteiger partial charge on any atom is -0.397 e. The number of nitrogen functional groups attached to an aromatic ring is 1. The second-order valence-corrected chi connectivity index (χ2v) is 5.50. The fourth-order valence-corrected chi connectivity index (χ4v) is 2.90. The predicted molar refractivity (Wildman–Crippen MR) is 75.3 cm³/mol. The molecule has 1 aromatic heterocycles. The zero-order chi connectivity index (χ0) is 12.4. The van der Waals surface area contributed by atoms with Crippen molar-refractivity contribution in [2.75, 3.05) is 18.8 Å². The minimum atomic E-state index is -0.162. The van der Waals surface area contributed by atoms with E-state index in [1.165, 1.54) is 11.3 Å². The highest BCUT2D eigenvalue weighted by Gasteiger charge is 2.15. The number of halogens is 1. The van der Waals surface area contributed by atoms with Crippen LogP contribution in [0.2, 0.25) is 0 Å². The molecular weight excluding hydrogens is 302 g/mol. The van der Waals surface area contributed by atoms with Crippen molar-refractivity contribution in [1.29, 1.82) is 0 Å². The van der Waals surface area contributed by atoms with Crippen molar-refractivity contribution in [3.05, 3.63) is 27.5 Å². The van der Waals surface area contributed by atoms with Crippen LogP contribution < -0.4 is 16.8 Å². The van der Waals surface area contributed by atoms with Crippen LogP contribution in [0.3, 0.4) is 0 Å². The van der Waals surface area contributed by atoms with E-state index in [0.717, 1.165) is 14.6 Å². The molecule has 0 radical (unpaired) electrons. The molecule has 2 aromatic rings. The summed E-state index contributed by atoms with van der Waals surface area (Å²) in [5, 5.41) is 3.62. The van der Waals surface area contributed by atoms with Crippen LogP contribution in [0.25, 0.3) is 10.1 Å². The second kappa shape index (κ2) is 5.03. The topological polar surface area (TPSA) is 81.1 Å². The molecule has 1 aromatic carbocycles. The third kappa shape index (κ3) is 2.43. The van der Waals surface area contributed by atoms with Crippen LogP contribution in [0.4, 0.5) is 5.69 Å². The molecule has 90 valence electrons. The Kier molecular flexibility index (Phi) is 3.66. The number of anilines is 1. The normalized spacial score (nSPS) is 10.7. The first kappa shape index (κ1) is 12.3. The molecule has 6 heteroatoms. The number of rotatable bonds is 3.